The summed E-state index contributed by atoms with van der Waals surface area (Å²) in [5.41, 5.74) is -0.950. The summed E-state index contributed by atoms with van der Waals surface area (Å²) >= 11 is 0. The summed E-state index contributed by atoms with van der Waals surface area (Å²) in [6.07, 6.45) is 4.83. The van der Waals surface area contributed by atoms with Crippen LogP contribution in [0.2, 0.25) is 0 Å². The topological polar surface area (TPSA) is 57.5 Å². The molecule has 0 fully saturated rings. The Kier molecular flexibility index (Phi) is 3.24. The van der Waals surface area contributed by atoms with E-state index in [0.29, 0.717) is 12.3 Å². The maximum atomic E-state index is 10.6. The fourth-order valence-electron chi connectivity index (χ4n) is 2.01. The average Bonchev–Trinajstić information content (AvgIpc) is 2.00. The molecule has 2 unspecified atom stereocenters. The number of rotatable bonds is 2. The molecule has 0 saturated carbocycles. The number of carboxylic acid groups (broad SMARTS) is 1. The first-order chi connectivity index (χ1) is 6.73. The molecule has 1 aliphatic carbocycles. The summed E-state index contributed by atoms with van der Waals surface area (Å²) in [5, 5.41) is 18.6. The second-order valence-corrected chi connectivity index (χ2v) is 5.54. The van der Waals surface area contributed by atoms with Crippen LogP contribution in [-0.2, 0) is 4.79 Å². The van der Waals surface area contributed by atoms with Crippen molar-refractivity contribution in [2.24, 2.45) is 11.3 Å². The molecule has 0 radical (unpaired) electrons. The van der Waals surface area contributed by atoms with E-state index < -0.39 is 11.6 Å². The lowest BCUT2D eigenvalue weighted by molar-refractivity contribution is -0.141. The van der Waals surface area contributed by atoms with E-state index in [9.17, 15) is 9.90 Å². The van der Waals surface area contributed by atoms with E-state index in [1.165, 1.54) is 0 Å². The maximum absolute atomic E-state index is 10.6. The Morgan fingerprint density at radius 1 is 1.53 bits per heavy atom. The van der Waals surface area contributed by atoms with E-state index in [1.807, 2.05) is 6.08 Å². The fraction of sp³-hybridized carbons (Fsp3) is 0.750. The van der Waals surface area contributed by atoms with Crippen LogP contribution in [0.3, 0.4) is 0 Å². The SMILES string of the molecule is CC(C)(C)C1C=CC(O)(CC(=O)O)CC1. The molecule has 0 aromatic heterocycles. The maximum Gasteiger partial charge on any atom is 0.306 e. The van der Waals surface area contributed by atoms with Crippen molar-refractivity contribution in [1.29, 1.82) is 0 Å². The van der Waals surface area contributed by atoms with Crippen molar-refractivity contribution in [2.45, 2.75) is 45.6 Å². The fourth-order valence-corrected chi connectivity index (χ4v) is 2.01. The monoisotopic (exact) mass is 212 g/mol. The number of hydrogen-bond donors (Lipinski definition) is 2. The third kappa shape index (κ3) is 3.34. The minimum absolute atomic E-state index is 0.182. The third-order valence-corrected chi connectivity index (χ3v) is 3.10. The summed E-state index contributed by atoms with van der Waals surface area (Å²) in [7, 11) is 0. The molecular formula is C12H20O3. The van der Waals surface area contributed by atoms with Crippen molar-refractivity contribution in [3.8, 4) is 0 Å². The highest BCUT2D eigenvalue weighted by Crippen LogP contribution is 2.37. The molecule has 2 atom stereocenters. The summed E-state index contributed by atoms with van der Waals surface area (Å²) in [5.74, 6) is -0.525. The van der Waals surface area contributed by atoms with Crippen molar-refractivity contribution < 1.29 is 15.0 Å². The molecule has 0 aromatic rings. The lowest BCUT2D eigenvalue weighted by Crippen LogP contribution is -2.35. The van der Waals surface area contributed by atoms with Crippen LogP contribution in [0.4, 0.5) is 0 Å². The minimum atomic E-state index is -1.13. The van der Waals surface area contributed by atoms with E-state index in [1.54, 1.807) is 6.08 Å². The first-order valence-electron chi connectivity index (χ1n) is 5.36. The Balaban J connectivity index is 2.69. The van der Waals surface area contributed by atoms with E-state index in [0.717, 1.165) is 6.42 Å². The highest BCUT2D eigenvalue weighted by atomic mass is 16.4. The molecule has 0 bridgehead atoms. The number of carbonyl (C=O) groups is 1. The van der Waals surface area contributed by atoms with Gasteiger partial charge in [0.05, 0.1) is 12.0 Å². The zero-order chi connectivity index (χ0) is 11.7. The molecule has 2 N–H and O–H groups in total. The zero-order valence-corrected chi connectivity index (χ0v) is 9.66. The van der Waals surface area contributed by atoms with Crippen LogP contribution in [0, 0.1) is 11.3 Å². The van der Waals surface area contributed by atoms with Gasteiger partial charge in [0.1, 0.15) is 0 Å². The lowest BCUT2D eigenvalue weighted by Gasteiger charge is -2.36. The first kappa shape index (κ1) is 12.2. The van der Waals surface area contributed by atoms with Crippen LogP contribution in [0.1, 0.15) is 40.0 Å². The van der Waals surface area contributed by atoms with Gasteiger partial charge in [0.25, 0.3) is 0 Å². The van der Waals surface area contributed by atoms with Crippen LogP contribution < -0.4 is 0 Å². The quantitative estimate of drug-likeness (QED) is 0.690. The number of allylic oxidation sites excluding steroid dienone is 1. The molecule has 0 aromatic carbocycles. The van der Waals surface area contributed by atoms with Gasteiger partial charge < -0.3 is 10.2 Å². The van der Waals surface area contributed by atoms with E-state index in [4.69, 9.17) is 5.11 Å². The smallest absolute Gasteiger partial charge is 0.306 e. The largest absolute Gasteiger partial charge is 0.481 e. The molecule has 86 valence electrons. The van der Waals surface area contributed by atoms with Gasteiger partial charge in [0.15, 0.2) is 0 Å². The van der Waals surface area contributed by atoms with E-state index in [2.05, 4.69) is 20.8 Å². The molecule has 15 heavy (non-hydrogen) atoms. The highest BCUT2D eigenvalue weighted by molar-refractivity contribution is 5.68. The summed E-state index contributed by atoms with van der Waals surface area (Å²) in [6, 6.07) is 0. The zero-order valence-electron chi connectivity index (χ0n) is 9.66. The molecule has 0 amide bonds. The van der Waals surface area contributed by atoms with Crippen molar-refractivity contribution in [3.63, 3.8) is 0 Å². The van der Waals surface area contributed by atoms with Crippen molar-refractivity contribution >= 4 is 5.97 Å². The van der Waals surface area contributed by atoms with Crippen molar-refractivity contribution in [1.82, 2.24) is 0 Å². The van der Waals surface area contributed by atoms with Gasteiger partial charge in [-0.3, -0.25) is 4.79 Å². The summed E-state index contributed by atoms with van der Waals surface area (Å²) < 4.78 is 0. The number of hydrogen-bond acceptors (Lipinski definition) is 2. The van der Waals surface area contributed by atoms with Gasteiger partial charge in [-0.25, -0.2) is 0 Å². The Labute approximate surface area is 90.8 Å². The van der Waals surface area contributed by atoms with Crippen LogP contribution in [-0.4, -0.2) is 21.8 Å². The van der Waals surface area contributed by atoms with Crippen LogP contribution in [0.15, 0.2) is 12.2 Å². The molecule has 0 aliphatic heterocycles. The second kappa shape index (κ2) is 3.97. The first-order valence-corrected chi connectivity index (χ1v) is 5.36. The van der Waals surface area contributed by atoms with Gasteiger partial charge >= 0.3 is 5.97 Å². The molecule has 0 saturated heterocycles. The molecule has 0 spiro atoms. The van der Waals surface area contributed by atoms with Gasteiger partial charge in [-0.1, -0.05) is 32.9 Å². The number of aliphatic carboxylic acids is 1. The van der Waals surface area contributed by atoms with Gasteiger partial charge in [0.2, 0.25) is 0 Å². The summed E-state index contributed by atoms with van der Waals surface area (Å²) in [4.78, 5) is 10.6. The Bertz CT molecular complexity index is 275. The van der Waals surface area contributed by atoms with Crippen LogP contribution >= 0.6 is 0 Å². The molecule has 1 rings (SSSR count). The molecule has 3 nitrogen and oxygen atoms in total. The Morgan fingerprint density at radius 2 is 2.13 bits per heavy atom. The minimum Gasteiger partial charge on any atom is -0.481 e. The highest BCUT2D eigenvalue weighted by Gasteiger charge is 2.34. The van der Waals surface area contributed by atoms with Crippen molar-refractivity contribution in [3.05, 3.63) is 12.2 Å². The lowest BCUT2D eigenvalue weighted by atomic mass is 9.72. The summed E-state index contributed by atoms with van der Waals surface area (Å²) in [6.45, 7) is 6.47. The van der Waals surface area contributed by atoms with E-state index >= 15 is 0 Å². The number of carboxylic acids is 1. The van der Waals surface area contributed by atoms with Gasteiger partial charge in [0, 0.05) is 0 Å². The normalized spacial score (nSPS) is 31.6. The molecular weight excluding hydrogens is 192 g/mol. The Morgan fingerprint density at radius 3 is 2.47 bits per heavy atom. The average molecular weight is 212 g/mol. The van der Waals surface area contributed by atoms with E-state index in [-0.39, 0.29) is 11.8 Å². The standard InChI is InChI=1S/C12H20O3/c1-11(2,3)9-4-6-12(15,7-5-9)8-10(13)14/h4,6,9,15H,5,7-8H2,1-3H3,(H,13,14). The van der Waals surface area contributed by atoms with Gasteiger partial charge in [-0.2, -0.15) is 0 Å². The predicted octanol–water partition coefficient (Wildman–Crippen LogP) is 2.20. The van der Waals surface area contributed by atoms with Crippen LogP contribution in [0.5, 0.6) is 0 Å². The predicted molar refractivity (Wildman–Crippen MR) is 58.5 cm³/mol. The Hall–Kier alpha value is -0.830. The van der Waals surface area contributed by atoms with Gasteiger partial charge in [-0.05, 0) is 24.2 Å². The third-order valence-electron chi connectivity index (χ3n) is 3.10. The number of aliphatic hydroxyl groups is 1. The van der Waals surface area contributed by atoms with Crippen LogP contribution in [0.25, 0.3) is 0 Å². The second-order valence-electron chi connectivity index (χ2n) is 5.54. The molecule has 1 aliphatic rings. The van der Waals surface area contributed by atoms with Crippen molar-refractivity contribution in [2.75, 3.05) is 0 Å². The molecule has 3 heteroatoms. The molecule has 0 heterocycles. The van der Waals surface area contributed by atoms with Gasteiger partial charge in [-0.15, -0.1) is 0 Å².